The summed E-state index contributed by atoms with van der Waals surface area (Å²) in [5, 5.41) is 18.5. The molecule has 112 valence electrons. The highest BCUT2D eigenvalue weighted by atomic mass is 19.1. The number of β-amino-alcohol motifs (C(OH)–C–C–N with tert-alkyl or cyclic N) is 1. The molecule has 0 aliphatic carbocycles. The van der Waals surface area contributed by atoms with Crippen molar-refractivity contribution < 1.29 is 19.4 Å². The van der Waals surface area contributed by atoms with Crippen LogP contribution in [0.3, 0.4) is 0 Å². The highest BCUT2D eigenvalue weighted by molar-refractivity contribution is 5.94. The Morgan fingerprint density at radius 3 is 2.86 bits per heavy atom. The zero-order chi connectivity index (χ0) is 15.5. The highest BCUT2D eigenvalue weighted by Crippen LogP contribution is 2.22. The summed E-state index contributed by atoms with van der Waals surface area (Å²) in [6.45, 7) is 2.33. The number of amides is 1. The van der Waals surface area contributed by atoms with Crippen molar-refractivity contribution in [3.05, 3.63) is 35.1 Å². The Bertz CT molecular complexity index is 601. The van der Waals surface area contributed by atoms with Crippen LogP contribution in [0.5, 0.6) is 0 Å². The maximum absolute atomic E-state index is 13.9. The van der Waals surface area contributed by atoms with Gasteiger partial charge in [-0.1, -0.05) is 11.8 Å². The minimum Gasteiger partial charge on any atom is -0.395 e. The van der Waals surface area contributed by atoms with E-state index in [1.807, 2.05) is 0 Å². The molecule has 0 bridgehead atoms. The van der Waals surface area contributed by atoms with Crippen molar-refractivity contribution in [2.45, 2.75) is 25.4 Å². The van der Waals surface area contributed by atoms with E-state index < -0.39 is 11.4 Å². The van der Waals surface area contributed by atoms with Gasteiger partial charge in [-0.2, -0.15) is 0 Å². The molecule has 1 saturated heterocycles. The number of hydrogen-bond acceptors (Lipinski definition) is 3. The first-order chi connectivity index (χ1) is 9.93. The molecule has 1 fully saturated rings. The van der Waals surface area contributed by atoms with E-state index in [1.165, 1.54) is 23.1 Å². The second-order valence-corrected chi connectivity index (χ2v) is 5.44. The van der Waals surface area contributed by atoms with Crippen molar-refractivity contribution in [1.82, 2.24) is 4.90 Å². The quantitative estimate of drug-likeness (QED) is 0.804. The summed E-state index contributed by atoms with van der Waals surface area (Å²) in [5.74, 6) is 4.40. The number of hydrogen-bond donors (Lipinski definition) is 2. The van der Waals surface area contributed by atoms with E-state index in [0.717, 1.165) is 0 Å². The van der Waals surface area contributed by atoms with Crippen molar-refractivity contribution in [2.24, 2.45) is 0 Å². The molecule has 2 rings (SSSR count). The molecule has 21 heavy (non-hydrogen) atoms. The second-order valence-electron chi connectivity index (χ2n) is 5.44. The molecule has 1 unspecified atom stereocenters. The van der Waals surface area contributed by atoms with Gasteiger partial charge in [0.2, 0.25) is 0 Å². The summed E-state index contributed by atoms with van der Waals surface area (Å²) in [4.78, 5) is 13.8. The van der Waals surface area contributed by atoms with Crippen LogP contribution in [0.25, 0.3) is 0 Å². The molecule has 1 aromatic rings. The van der Waals surface area contributed by atoms with Crippen LogP contribution < -0.4 is 0 Å². The SMILES string of the molecule is CC1(O)CCN(C(=O)c2ccc(C#CCCO)c(F)c2)C1. The van der Waals surface area contributed by atoms with Gasteiger partial charge in [-0.25, -0.2) is 4.39 Å². The molecule has 0 aromatic heterocycles. The molecule has 1 amide bonds. The number of halogens is 1. The minimum absolute atomic E-state index is 0.0694. The number of aliphatic hydroxyl groups excluding tert-OH is 1. The van der Waals surface area contributed by atoms with Gasteiger partial charge in [-0.3, -0.25) is 4.79 Å². The molecular formula is C16H18FNO3. The van der Waals surface area contributed by atoms with Gasteiger partial charge < -0.3 is 15.1 Å². The van der Waals surface area contributed by atoms with Crippen LogP contribution in [0.2, 0.25) is 0 Å². The van der Waals surface area contributed by atoms with E-state index in [-0.39, 0.29) is 36.6 Å². The Labute approximate surface area is 123 Å². The molecule has 1 aromatic carbocycles. The standard InChI is InChI=1S/C16H18FNO3/c1-16(21)7-8-18(11-16)15(20)13-6-5-12(14(17)10-13)4-2-3-9-19/h5-6,10,19,21H,3,7-9,11H2,1H3. The Morgan fingerprint density at radius 1 is 1.52 bits per heavy atom. The van der Waals surface area contributed by atoms with Gasteiger partial charge >= 0.3 is 0 Å². The first kappa shape index (κ1) is 15.5. The van der Waals surface area contributed by atoms with Gasteiger partial charge in [0.25, 0.3) is 5.91 Å². The van der Waals surface area contributed by atoms with Crippen molar-refractivity contribution in [1.29, 1.82) is 0 Å². The molecule has 0 saturated carbocycles. The van der Waals surface area contributed by atoms with Gasteiger partial charge in [0, 0.05) is 25.1 Å². The zero-order valence-electron chi connectivity index (χ0n) is 11.9. The fraction of sp³-hybridized carbons (Fsp3) is 0.438. The molecule has 1 heterocycles. The molecule has 4 nitrogen and oxygen atoms in total. The third-order valence-corrected chi connectivity index (χ3v) is 3.41. The van der Waals surface area contributed by atoms with Crippen molar-refractivity contribution in [3.63, 3.8) is 0 Å². The average molecular weight is 291 g/mol. The molecule has 0 spiro atoms. The van der Waals surface area contributed by atoms with E-state index >= 15 is 0 Å². The molecule has 0 radical (unpaired) electrons. The smallest absolute Gasteiger partial charge is 0.254 e. The predicted molar refractivity (Wildman–Crippen MR) is 76.1 cm³/mol. The molecule has 2 N–H and O–H groups in total. The highest BCUT2D eigenvalue weighted by Gasteiger charge is 2.34. The molecule has 1 aliphatic rings. The summed E-state index contributed by atoms with van der Waals surface area (Å²) in [6.07, 6.45) is 0.801. The second kappa shape index (κ2) is 6.25. The Kier molecular flexibility index (Phi) is 4.61. The third kappa shape index (κ3) is 3.81. The zero-order valence-corrected chi connectivity index (χ0v) is 11.9. The number of aliphatic hydroxyl groups is 2. The maximum Gasteiger partial charge on any atom is 0.254 e. The van der Waals surface area contributed by atoms with Crippen LogP contribution in [0.4, 0.5) is 4.39 Å². The summed E-state index contributed by atoms with van der Waals surface area (Å²) in [6, 6.07) is 4.15. The first-order valence-corrected chi connectivity index (χ1v) is 6.84. The van der Waals surface area contributed by atoms with Gasteiger partial charge in [0.15, 0.2) is 0 Å². The van der Waals surface area contributed by atoms with Crippen LogP contribution in [-0.4, -0.2) is 46.3 Å². The van der Waals surface area contributed by atoms with Crippen LogP contribution >= 0.6 is 0 Å². The van der Waals surface area contributed by atoms with E-state index in [9.17, 15) is 14.3 Å². The van der Waals surface area contributed by atoms with Crippen molar-refractivity contribution in [2.75, 3.05) is 19.7 Å². The summed E-state index contributed by atoms with van der Waals surface area (Å²) < 4.78 is 13.9. The number of rotatable bonds is 2. The Hall–Kier alpha value is -1.90. The van der Waals surface area contributed by atoms with E-state index in [0.29, 0.717) is 13.0 Å². The van der Waals surface area contributed by atoms with Crippen molar-refractivity contribution >= 4 is 5.91 Å². The average Bonchev–Trinajstić information content (AvgIpc) is 2.80. The molecular weight excluding hydrogens is 273 g/mol. The summed E-state index contributed by atoms with van der Waals surface area (Å²) in [5.41, 5.74) is -0.421. The first-order valence-electron chi connectivity index (χ1n) is 6.84. The van der Waals surface area contributed by atoms with E-state index in [1.54, 1.807) is 6.92 Å². The fourth-order valence-electron chi connectivity index (χ4n) is 2.26. The number of benzene rings is 1. The summed E-state index contributed by atoms with van der Waals surface area (Å²) in [7, 11) is 0. The number of nitrogens with zero attached hydrogens (tertiary/aromatic N) is 1. The number of likely N-dealkylation sites (tertiary alicyclic amines) is 1. The predicted octanol–water partition coefficient (Wildman–Crippen LogP) is 1.16. The van der Waals surface area contributed by atoms with E-state index in [4.69, 9.17) is 5.11 Å². The van der Waals surface area contributed by atoms with Crippen LogP contribution in [0.15, 0.2) is 18.2 Å². The van der Waals surface area contributed by atoms with E-state index in [2.05, 4.69) is 11.8 Å². The lowest BCUT2D eigenvalue weighted by molar-refractivity contribution is 0.0572. The molecule has 1 atom stereocenters. The number of carbonyl (C=O) groups excluding carboxylic acids is 1. The minimum atomic E-state index is -0.871. The Morgan fingerprint density at radius 2 is 2.29 bits per heavy atom. The molecule has 1 aliphatic heterocycles. The lowest BCUT2D eigenvalue weighted by atomic mass is 10.1. The van der Waals surface area contributed by atoms with Gasteiger partial charge in [0.1, 0.15) is 5.82 Å². The fourth-order valence-corrected chi connectivity index (χ4v) is 2.26. The lowest BCUT2D eigenvalue weighted by Gasteiger charge is -2.19. The normalized spacial score (nSPS) is 21.0. The van der Waals surface area contributed by atoms with Gasteiger partial charge in [-0.05, 0) is 31.5 Å². The summed E-state index contributed by atoms with van der Waals surface area (Å²) >= 11 is 0. The largest absolute Gasteiger partial charge is 0.395 e. The number of carbonyl (C=O) groups is 1. The topological polar surface area (TPSA) is 60.8 Å². The van der Waals surface area contributed by atoms with Gasteiger partial charge in [-0.15, -0.1) is 0 Å². The Balaban J connectivity index is 2.13. The van der Waals surface area contributed by atoms with Crippen molar-refractivity contribution in [3.8, 4) is 11.8 Å². The van der Waals surface area contributed by atoms with Crippen LogP contribution in [0, 0.1) is 17.7 Å². The van der Waals surface area contributed by atoms with Crippen LogP contribution in [0.1, 0.15) is 35.7 Å². The van der Waals surface area contributed by atoms with Crippen LogP contribution in [-0.2, 0) is 0 Å². The monoisotopic (exact) mass is 291 g/mol. The molecule has 5 heteroatoms. The van der Waals surface area contributed by atoms with Gasteiger partial charge in [0.05, 0.1) is 17.8 Å². The third-order valence-electron chi connectivity index (χ3n) is 3.41. The maximum atomic E-state index is 13.9. The lowest BCUT2D eigenvalue weighted by Crippen LogP contribution is -2.33.